The number of piperidine rings is 1. The highest BCUT2D eigenvalue weighted by atomic mass is 16.5. The summed E-state index contributed by atoms with van der Waals surface area (Å²) < 4.78 is 4.94. The van der Waals surface area contributed by atoms with Gasteiger partial charge in [0.05, 0.1) is 6.54 Å². The summed E-state index contributed by atoms with van der Waals surface area (Å²) in [5, 5.41) is 6.71. The average molecular weight is 237 g/mol. The first kappa shape index (κ1) is 12.0. The van der Waals surface area contributed by atoms with Crippen LogP contribution in [0.25, 0.3) is 0 Å². The van der Waals surface area contributed by atoms with E-state index in [9.17, 15) is 4.79 Å². The van der Waals surface area contributed by atoms with Crippen LogP contribution in [0.1, 0.15) is 31.2 Å². The summed E-state index contributed by atoms with van der Waals surface area (Å²) in [6.07, 6.45) is 2.31. The lowest BCUT2D eigenvalue weighted by molar-refractivity contribution is 0.169. The van der Waals surface area contributed by atoms with Gasteiger partial charge in [-0.3, -0.25) is 0 Å². The van der Waals surface area contributed by atoms with Crippen molar-refractivity contribution >= 4 is 6.03 Å². The van der Waals surface area contributed by atoms with Gasteiger partial charge in [-0.2, -0.15) is 0 Å². The Kier molecular flexibility index (Phi) is 3.66. The van der Waals surface area contributed by atoms with Crippen LogP contribution in [0.15, 0.2) is 10.6 Å². The van der Waals surface area contributed by atoms with Gasteiger partial charge in [0.2, 0.25) is 0 Å². The van der Waals surface area contributed by atoms with Gasteiger partial charge in [-0.25, -0.2) is 4.79 Å². The maximum atomic E-state index is 11.9. The summed E-state index contributed by atoms with van der Waals surface area (Å²) in [4.78, 5) is 13.8. The lowest BCUT2D eigenvalue weighted by atomic mass is 10.0. The maximum Gasteiger partial charge on any atom is 0.317 e. The molecule has 1 aromatic rings. The van der Waals surface area contributed by atoms with Crippen LogP contribution in [-0.2, 0) is 6.54 Å². The van der Waals surface area contributed by atoms with Crippen LogP contribution in [0.3, 0.4) is 0 Å². The third-order valence-electron chi connectivity index (χ3n) is 3.04. The Hall–Kier alpha value is -1.52. The van der Waals surface area contributed by atoms with Gasteiger partial charge in [0, 0.05) is 19.2 Å². The van der Waals surface area contributed by atoms with Crippen LogP contribution < -0.4 is 5.32 Å². The number of rotatable bonds is 2. The van der Waals surface area contributed by atoms with E-state index in [-0.39, 0.29) is 6.03 Å². The predicted molar refractivity (Wildman–Crippen MR) is 63.4 cm³/mol. The van der Waals surface area contributed by atoms with Crippen molar-refractivity contribution in [2.45, 2.75) is 33.2 Å². The molecule has 1 saturated heterocycles. The lowest BCUT2D eigenvalue weighted by Crippen LogP contribution is -2.44. The van der Waals surface area contributed by atoms with Crippen LogP contribution in [0.5, 0.6) is 0 Å². The zero-order valence-corrected chi connectivity index (χ0v) is 10.4. The Labute approximate surface area is 101 Å². The van der Waals surface area contributed by atoms with Crippen LogP contribution >= 0.6 is 0 Å². The number of carbonyl (C=O) groups excluding carboxylic acids is 1. The van der Waals surface area contributed by atoms with Crippen LogP contribution in [0, 0.1) is 12.8 Å². The monoisotopic (exact) mass is 237 g/mol. The Balaban J connectivity index is 1.80. The number of nitrogens with one attached hydrogen (secondary N) is 1. The SMILES string of the molecule is Cc1cc(CNC(=O)N2CCCC(C)C2)no1. The fraction of sp³-hybridized carbons (Fsp3) is 0.667. The molecule has 5 heteroatoms. The van der Waals surface area contributed by atoms with Crippen molar-refractivity contribution in [2.75, 3.05) is 13.1 Å². The number of nitrogens with zero attached hydrogens (tertiary/aromatic N) is 2. The molecule has 2 heterocycles. The average Bonchev–Trinajstić information content (AvgIpc) is 2.72. The van der Waals surface area contributed by atoms with Crippen LogP contribution in [0.4, 0.5) is 4.79 Å². The lowest BCUT2D eigenvalue weighted by Gasteiger charge is -2.30. The smallest absolute Gasteiger partial charge is 0.317 e. The Bertz CT molecular complexity index is 389. The molecule has 0 saturated carbocycles. The molecular weight excluding hydrogens is 218 g/mol. The zero-order chi connectivity index (χ0) is 12.3. The largest absolute Gasteiger partial charge is 0.361 e. The van der Waals surface area contributed by atoms with E-state index < -0.39 is 0 Å². The van der Waals surface area contributed by atoms with Crippen molar-refractivity contribution in [3.63, 3.8) is 0 Å². The van der Waals surface area contributed by atoms with E-state index in [4.69, 9.17) is 4.52 Å². The highest BCUT2D eigenvalue weighted by Gasteiger charge is 2.20. The quantitative estimate of drug-likeness (QED) is 0.855. The topological polar surface area (TPSA) is 58.4 Å². The van der Waals surface area contributed by atoms with Crippen LogP contribution in [0.2, 0.25) is 0 Å². The van der Waals surface area contributed by atoms with Gasteiger partial charge < -0.3 is 14.7 Å². The summed E-state index contributed by atoms with van der Waals surface area (Å²) in [6.45, 7) is 6.16. The Morgan fingerprint density at radius 2 is 2.53 bits per heavy atom. The van der Waals surface area contributed by atoms with Gasteiger partial charge >= 0.3 is 6.03 Å². The number of carbonyl (C=O) groups is 1. The molecule has 1 aromatic heterocycles. The molecule has 0 aromatic carbocycles. The van der Waals surface area contributed by atoms with E-state index in [0.29, 0.717) is 12.5 Å². The zero-order valence-electron chi connectivity index (χ0n) is 10.4. The van der Waals surface area contributed by atoms with E-state index in [1.165, 1.54) is 6.42 Å². The van der Waals surface area contributed by atoms with Crippen molar-refractivity contribution in [1.82, 2.24) is 15.4 Å². The molecule has 0 bridgehead atoms. The molecule has 1 aliphatic heterocycles. The molecule has 94 valence electrons. The first-order chi connectivity index (χ1) is 8.15. The molecule has 1 unspecified atom stereocenters. The molecule has 0 aliphatic carbocycles. The highest BCUT2D eigenvalue weighted by molar-refractivity contribution is 5.74. The second-order valence-corrected chi connectivity index (χ2v) is 4.78. The summed E-state index contributed by atoms with van der Waals surface area (Å²) >= 11 is 0. The molecule has 5 nitrogen and oxygen atoms in total. The van der Waals surface area contributed by atoms with Crippen molar-refractivity contribution in [3.8, 4) is 0 Å². The second-order valence-electron chi connectivity index (χ2n) is 4.78. The third-order valence-corrected chi connectivity index (χ3v) is 3.04. The fourth-order valence-corrected chi connectivity index (χ4v) is 2.15. The number of hydrogen-bond donors (Lipinski definition) is 1. The predicted octanol–water partition coefficient (Wildman–Crippen LogP) is 1.92. The number of likely N-dealkylation sites (tertiary alicyclic amines) is 1. The second kappa shape index (κ2) is 5.21. The first-order valence-corrected chi connectivity index (χ1v) is 6.10. The number of aromatic nitrogens is 1. The molecular formula is C12H19N3O2. The van der Waals surface area contributed by atoms with E-state index in [1.54, 1.807) is 0 Å². The van der Waals surface area contributed by atoms with E-state index in [0.717, 1.165) is 31.0 Å². The van der Waals surface area contributed by atoms with Gasteiger partial charge in [-0.15, -0.1) is 0 Å². The molecule has 1 N–H and O–H groups in total. The van der Waals surface area contributed by atoms with Gasteiger partial charge in [0.1, 0.15) is 11.5 Å². The molecule has 2 rings (SSSR count). The summed E-state index contributed by atoms with van der Waals surface area (Å²) in [6, 6.07) is 1.83. The molecule has 1 aliphatic rings. The summed E-state index contributed by atoms with van der Waals surface area (Å²) in [7, 11) is 0. The van der Waals surface area contributed by atoms with E-state index >= 15 is 0 Å². The Morgan fingerprint density at radius 3 is 3.18 bits per heavy atom. The first-order valence-electron chi connectivity index (χ1n) is 6.10. The van der Waals surface area contributed by atoms with Crippen molar-refractivity contribution in [3.05, 3.63) is 17.5 Å². The molecule has 1 fully saturated rings. The molecule has 17 heavy (non-hydrogen) atoms. The summed E-state index contributed by atoms with van der Waals surface area (Å²) in [5.74, 6) is 1.37. The highest BCUT2D eigenvalue weighted by Crippen LogP contribution is 2.15. The summed E-state index contributed by atoms with van der Waals surface area (Å²) in [5.41, 5.74) is 0.765. The van der Waals surface area contributed by atoms with Crippen molar-refractivity contribution in [1.29, 1.82) is 0 Å². The standard InChI is InChI=1S/C12H19N3O2/c1-9-4-3-5-15(8-9)12(16)13-7-11-6-10(2)17-14-11/h6,9H,3-5,7-8H2,1-2H3,(H,13,16). The van der Waals surface area contributed by atoms with Gasteiger partial charge in [0.15, 0.2) is 0 Å². The number of amides is 2. The van der Waals surface area contributed by atoms with Crippen molar-refractivity contribution < 1.29 is 9.32 Å². The number of aryl methyl sites for hydroxylation is 1. The van der Waals surface area contributed by atoms with E-state index in [2.05, 4.69) is 17.4 Å². The molecule has 0 spiro atoms. The minimum Gasteiger partial charge on any atom is -0.361 e. The van der Waals surface area contributed by atoms with Gasteiger partial charge in [-0.1, -0.05) is 12.1 Å². The van der Waals surface area contributed by atoms with Gasteiger partial charge in [-0.05, 0) is 25.7 Å². The van der Waals surface area contributed by atoms with Gasteiger partial charge in [0.25, 0.3) is 0 Å². The maximum absolute atomic E-state index is 11.9. The van der Waals surface area contributed by atoms with Crippen LogP contribution in [-0.4, -0.2) is 29.2 Å². The molecule has 1 atom stereocenters. The number of hydrogen-bond acceptors (Lipinski definition) is 3. The van der Waals surface area contributed by atoms with Crippen molar-refractivity contribution in [2.24, 2.45) is 5.92 Å². The minimum atomic E-state index is -0.00259. The number of urea groups is 1. The van der Waals surface area contributed by atoms with E-state index in [1.807, 2.05) is 17.9 Å². The Morgan fingerprint density at radius 1 is 1.71 bits per heavy atom. The normalized spacial score (nSPS) is 20.4. The fourth-order valence-electron chi connectivity index (χ4n) is 2.15. The minimum absolute atomic E-state index is 0.00259. The molecule has 0 radical (unpaired) electrons. The third kappa shape index (κ3) is 3.22. The molecule has 2 amide bonds.